The van der Waals surface area contributed by atoms with Crippen molar-refractivity contribution in [2.75, 3.05) is 6.54 Å². The molecule has 0 aliphatic heterocycles. The molecule has 1 N–H and O–H groups in total. The van der Waals surface area contributed by atoms with Gasteiger partial charge in [-0.15, -0.1) is 0 Å². The second kappa shape index (κ2) is 5.04. The van der Waals surface area contributed by atoms with E-state index < -0.39 is 0 Å². The van der Waals surface area contributed by atoms with Crippen molar-refractivity contribution in [3.05, 3.63) is 17.5 Å². The quantitative estimate of drug-likeness (QED) is 0.888. The van der Waals surface area contributed by atoms with Gasteiger partial charge in [0.1, 0.15) is 0 Å². The van der Waals surface area contributed by atoms with Crippen LogP contribution in [0.2, 0.25) is 0 Å². The minimum Gasteiger partial charge on any atom is -0.310 e. The van der Waals surface area contributed by atoms with E-state index in [-0.39, 0.29) is 0 Å². The molecular formula is C15H27N3. The highest BCUT2D eigenvalue weighted by molar-refractivity contribution is 5.27. The minimum atomic E-state index is 0.370. The van der Waals surface area contributed by atoms with Gasteiger partial charge in [0.05, 0.1) is 6.20 Å². The second-order valence-electron chi connectivity index (χ2n) is 6.78. The van der Waals surface area contributed by atoms with Crippen molar-refractivity contribution >= 4 is 0 Å². The first-order chi connectivity index (χ1) is 8.43. The average molecular weight is 249 g/mol. The summed E-state index contributed by atoms with van der Waals surface area (Å²) in [5.41, 5.74) is 3.25. The van der Waals surface area contributed by atoms with Crippen molar-refractivity contribution in [2.24, 2.45) is 11.3 Å². The van der Waals surface area contributed by atoms with Crippen LogP contribution in [0.5, 0.6) is 0 Å². The standard InChI is InChI=1S/C15H27N3/c1-6-16-13-7-15(4,5)8-14-12(13)9-17-18(14)10-11(2)3/h9,11,13,16H,6-8,10H2,1-5H3. The van der Waals surface area contributed by atoms with E-state index in [4.69, 9.17) is 0 Å². The monoisotopic (exact) mass is 249 g/mol. The Bertz CT molecular complexity index is 404. The topological polar surface area (TPSA) is 29.9 Å². The molecule has 1 aromatic heterocycles. The lowest BCUT2D eigenvalue weighted by Gasteiger charge is -2.36. The molecule has 102 valence electrons. The van der Waals surface area contributed by atoms with Gasteiger partial charge in [-0.05, 0) is 30.7 Å². The Morgan fingerprint density at radius 1 is 1.50 bits per heavy atom. The van der Waals surface area contributed by atoms with Crippen molar-refractivity contribution in [3.63, 3.8) is 0 Å². The zero-order valence-electron chi connectivity index (χ0n) is 12.5. The van der Waals surface area contributed by atoms with E-state index >= 15 is 0 Å². The van der Waals surface area contributed by atoms with Gasteiger partial charge in [0.25, 0.3) is 0 Å². The molecule has 0 saturated carbocycles. The van der Waals surface area contributed by atoms with Crippen LogP contribution in [0.15, 0.2) is 6.20 Å². The molecule has 0 radical (unpaired) electrons. The van der Waals surface area contributed by atoms with E-state index in [2.05, 4.69) is 55.9 Å². The predicted octanol–water partition coefficient (Wildman–Crippen LogP) is 3.16. The van der Waals surface area contributed by atoms with E-state index in [1.807, 2.05) is 0 Å². The number of fused-ring (bicyclic) bond motifs is 1. The van der Waals surface area contributed by atoms with E-state index in [9.17, 15) is 0 Å². The minimum absolute atomic E-state index is 0.370. The van der Waals surface area contributed by atoms with Gasteiger partial charge < -0.3 is 5.32 Å². The molecule has 0 aromatic carbocycles. The Kier molecular flexibility index (Phi) is 3.81. The van der Waals surface area contributed by atoms with Gasteiger partial charge >= 0.3 is 0 Å². The predicted molar refractivity (Wildman–Crippen MR) is 75.6 cm³/mol. The van der Waals surface area contributed by atoms with Crippen LogP contribution >= 0.6 is 0 Å². The molecule has 1 unspecified atom stereocenters. The van der Waals surface area contributed by atoms with E-state index in [0.29, 0.717) is 17.4 Å². The van der Waals surface area contributed by atoms with Gasteiger partial charge in [0, 0.05) is 23.8 Å². The van der Waals surface area contributed by atoms with Crippen LogP contribution in [-0.2, 0) is 13.0 Å². The number of nitrogens with one attached hydrogen (secondary N) is 1. The Labute approximate surface area is 111 Å². The number of aromatic nitrogens is 2. The normalized spacial score (nSPS) is 22.2. The smallest absolute Gasteiger partial charge is 0.0540 e. The van der Waals surface area contributed by atoms with Crippen molar-refractivity contribution in [1.29, 1.82) is 0 Å². The molecule has 3 heteroatoms. The molecule has 1 atom stereocenters. The lowest BCUT2D eigenvalue weighted by Crippen LogP contribution is -2.34. The highest BCUT2D eigenvalue weighted by atomic mass is 15.3. The van der Waals surface area contributed by atoms with Crippen LogP contribution in [0.4, 0.5) is 0 Å². The maximum atomic E-state index is 4.61. The summed E-state index contributed by atoms with van der Waals surface area (Å²) in [5, 5.41) is 8.22. The Morgan fingerprint density at radius 2 is 2.22 bits per heavy atom. The molecule has 0 saturated heterocycles. The summed E-state index contributed by atoms with van der Waals surface area (Å²) in [4.78, 5) is 0. The van der Waals surface area contributed by atoms with Crippen LogP contribution in [0.3, 0.4) is 0 Å². The van der Waals surface area contributed by atoms with Crippen LogP contribution in [0.25, 0.3) is 0 Å². The molecule has 0 amide bonds. The molecule has 0 fully saturated rings. The summed E-state index contributed by atoms with van der Waals surface area (Å²) < 4.78 is 2.23. The zero-order chi connectivity index (χ0) is 13.3. The molecule has 2 rings (SSSR count). The number of hydrogen-bond acceptors (Lipinski definition) is 2. The van der Waals surface area contributed by atoms with Gasteiger partial charge in [0.2, 0.25) is 0 Å². The molecule has 1 heterocycles. The van der Waals surface area contributed by atoms with E-state index in [1.165, 1.54) is 17.7 Å². The number of nitrogens with zero attached hydrogens (tertiary/aromatic N) is 2. The van der Waals surface area contributed by atoms with Gasteiger partial charge in [-0.1, -0.05) is 34.6 Å². The zero-order valence-corrected chi connectivity index (χ0v) is 12.5. The summed E-state index contributed by atoms with van der Waals surface area (Å²) in [6.45, 7) is 13.5. The van der Waals surface area contributed by atoms with Crippen molar-refractivity contribution in [3.8, 4) is 0 Å². The van der Waals surface area contributed by atoms with Gasteiger partial charge in [-0.25, -0.2) is 0 Å². The van der Waals surface area contributed by atoms with Crippen molar-refractivity contribution < 1.29 is 0 Å². The number of rotatable bonds is 4. The maximum absolute atomic E-state index is 4.61. The first-order valence-electron chi connectivity index (χ1n) is 7.21. The maximum Gasteiger partial charge on any atom is 0.0540 e. The fraction of sp³-hybridized carbons (Fsp3) is 0.800. The molecule has 3 nitrogen and oxygen atoms in total. The van der Waals surface area contributed by atoms with Crippen molar-refractivity contribution in [2.45, 2.75) is 60.0 Å². The van der Waals surface area contributed by atoms with Crippen LogP contribution < -0.4 is 5.32 Å². The summed E-state index contributed by atoms with van der Waals surface area (Å²) in [6.07, 6.45) is 4.44. The highest BCUT2D eigenvalue weighted by Crippen LogP contribution is 2.40. The lowest BCUT2D eigenvalue weighted by molar-refractivity contribution is 0.250. The fourth-order valence-electron chi connectivity index (χ4n) is 3.03. The first-order valence-corrected chi connectivity index (χ1v) is 7.21. The first kappa shape index (κ1) is 13.6. The Hall–Kier alpha value is -0.830. The SMILES string of the molecule is CCNC1CC(C)(C)Cc2c1cnn2CC(C)C. The third kappa shape index (κ3) is 2.77. The third-order valence-corrected chi connectivity index (χ3v) is 3.75. The second-order valence-corrected chi connectivity index (χ2v) is 6.78. The molecule has 1 aliphatic rings. The summed E-state index contributed by atoms with van der Waals surface area (Å²) in [5.74, 6) is 0.650. The highest BCUT2D eigenvalue weighted by Gasteiger charge is 2.34. The molecule has 0 bridgehead atoms. The molecule has 0 spiro atoms. The van der Waals surface area contributed by atoms with Crippen LogP contribution in [0, 0.1) is 11.3 Å². The summed E-state index contributed by atoms with van der Waals surface area (Å²) in [7, 11) is 0. The summed E-state index contributed by atoms with van der Waals surface area (Å²) >= 11 is 0. The third-order valence-electron chi connectivity index (χ3n) is 3.75. The van der Waals surface area contributed by atoms with Gasteiger partial charge in [-0.2, -0.15) is 5.10 Å². The Morgan fingerprint density at radius 3 is 2.83 bits per heavy atom. The van der Waals surface area contributed by atoms with Crippen LogP contribution in [-0.4, -0.2) is 16.3 Å². The number of hydrogen-bond donors (Lipinski definition) is 1. The summed E-state index contributed by atoms with van der Waals surface area (Å²) in [6, 6.07) is 0.481. The van der Waals surface area contributed by atoms with Gasteiger partial charge in [0.15, 0.2) is 0 Å². The molecular weight excluding hydrogens is 222 g/mol. The van der Waals surface area contributed by atoms with E-state index in [0.717, 1.165) is 19.5 Å². The molecule has 1 aliphatic carbocycles. The largest absolute Gasteiger partial charge is 0.310 e. The van der Waals surface area contributed by atoms with Crippen LogP contribution in [0.1, 0.15) is 58.3 Å². The van der Waals surface area contributed by atoms with Gasteiger partial charge in [-0.3, -0.25) is 4.68 Å². The lowest BCUT2D eigenvalue weighted by atomic mass is 9.74. The average Bonchev–Trinajstić information content (AvgIpc) is 2.59. The molecule has 1 aromatic rings. The Balaban J connectivity index is 2.32. The fourth-order valence-corrected chi connectivity index (χ4v) is 3.03. The van der Waals surface area contributed by atoms with Crippen molar-refractivity contribution in [1.82, 2.24) is 15.1 Å². The van der Waals surface area contributed by atoms with E-state index in [1.54, 1.807) is 0 Å². The molecule has 18 heavy (non-hydrogen) atoms.